The minimum absolute atomic E-state index is 0.113. The number of hydrogen-bond acceptors (Lipinski definition) is 3. The van der Waals surface area contributed by atoms with E-state index in [0.29, 0.717) is 6.61 Å². The van der Waals surface area contributed by atoms with Crippen LogP contribution in [0.25, 0.3) is 11.1 Å². The quantitative estimate of drug-likeness (QED) is 0.763. The number of aromatic nitrogens is 2. The molecule has 1 atom stereocenters. The van der Waals surface area contributed by atoms with Crippen molar-refractivity contribution in [1.29, 1.82) is 0 Å². The Hall–Kier alpha value is -1.62. The van der Waals surface area contributed by atoms with E-state index in [2.05, 4.69) is 21.0 Å². The van der Waals surface area contributed by atoms with Gasteiger partial charge in [-0.1, -0.05) is 41.9 Å². The van der Waals surface area contributed by atoms with Gasteiger partial charge in [-0.3, -0.25) is 4.68 Å². The molecule has 0 saturated heterocycles. The minimum atomic E-state index is -0.394. The van der Waals surface area contributed by atoms with Crippen LogP contribution < -0.4 is 0 Å². The first-order valence-electron chi connectivity index (χ1n) is 6.99. The summed E-state index contributed by atoms with van der Waals surface area (Å²) in [4.78, 5) is 12.1. The molecule has 0 amide bonds. The molecule has 1 unspecified atom stereocenters. The van der Waals surface area contributed by atoms with Gasteiger partial charge in [0.2, 0.25) is 0 Å². The zero-order valence-electron chi connectivity index (χ0n) is 12.4. The molecular weight excluding hydrogens is 332 g/mol. The SMILES string of the molecule is CCOC(=O)C(C(C)C)n1cc(-c2ccc(Br)cc2)cn1. The molecule has 1 aromatic carbocycles. The second kappa shape index (κ2) is 6.89. The van der Waals surface area contributed by atoms with Crippen LogP contribution in [0.1, 0.15) is 26.8 Å². The summed E-state index contributed by atoms with van der Waals surface area (Å²) in [6.07, 6.45) is 3.67. The Morgan fingerprint density at radius 1 is 1.29 bits per heavy atom. The van der Waals surface area contributed by atoms with Crippen molar-refractivity contribution < 1.29 is 9.53 Å². The lowest BCUT2D eigenvalue weighted by atomic mass is 10.0. The molecule has 2 rings (SSSR count). The van der Waals surface area contributed by atoms with Crippen LogP contribution in [0.3, 0.4) is 0 Å². The Balaban J connectivity index is 2.28. The smallest absolute Gasteiger partial charge is 0.331 e. The van der Waals surface area contributed by atoms with E-state index >= 15 is 0 Å². The van der Waals surface area contributed by atoms with Crippen LogP contribution in [0.5, 0.6) is 0 Å². The molecular formula is C16H19BrN2O2. The summed E-state index contributed by atoms with van der Waals surface area (Å²) < 4.78 is 7.87. The Kier molecular flexibility index (Phi) is 5.17. The molecule has 0 aliphatic rings. The van der Waals surface area contributed by atoms with E-state index < -0.39 is 6.04 Å². The van der Waals surface area contributed by atoms with Crippen molar-refractivity contribution in [2.45, 2.75) is 26.8 Å². The van der Waals surface area contributed by atoms with Gasteiger partial charge in [0.05, 0.1) is 12.8 Å². The van der Waals surface area contributed by atoms with Gasteiger partial charge in [-0.25, -0.2) is 4.79 Å². The maximum absolute atomic E-state index is 12.1. The van der Waals surface area contributed by atoms with Crippen molar-refractivity contribution >= 4 is 21.9 Å². The van der Waals surface area contributed by atoms with E-state index in [1.165, 1.54) is 0 Å². The number of halogens is 1. The second-order valence-corrected chi connectivity index (χ2v) is 6.07. The van der Waals surface area contributed by atoms with E-state index in [1.54, 1.807) is 10.9 Å². The largest absolute Gasteiger partial charge is 0.464 e. The van der Waals surface area contributed by atoms with E-state index in [-0.39, 0.29) is 11.9 Å². The molecule has 21 heavy (non-hydrogen) atoms. The van der Waals surface area contributed by atoms with Gasteiger partial charge in [0.25, 0.3) is 0 Å². The second-order valence-electron chi connectivity index (χ2n) is 5.16. The molecule has 4 nitrogen and oxygen atoms in total. The van der Waals surface area contributed by atoms with Crippen LogP contribution in [-0.4, -0.2) is 22.4 Å². The Morgan fingerprint density at radius 3 is 2.52 bits per heavy atom. The predicted molar refractivity (Wildman–Crippen MR) is 85.9 cm³/mol. The van der Waals surface area contributed by atoms with Crippen LogP contribution in [0.4, 0.5) is 0 Å². The molecule has 0 bridgehead atoms. The van der Waals surface area contributed by atoms with Crippen molar-refractivity contribution in [2.75, 3.05) is 6.61 Å². The minimum Gasteiger partial charge on any atom is -0.464 e. The molecule has 0 aliphatic carbocycles. The van der Waals surface area contributed by atoms with Crippen molar-refractivity contribution in [3.8, 4) is 11.1 Å². The summed E-state index contributed by atoms with van der Waals surface area (Å²) in [7, 11) is 0. The van der Waals surface area contributed by atoms with E-state index in [0.717, 1.165) is 15.6 Å². The van der Waals surface area contributed by atoms with Crippen molar-refractivity contribution in [2.24, 2.45) is 5.92 Å². The number of ether oxygens (including phenoxy) is 1. The predicted octanol–water partition coefficient (Wildman–Crippen LogP) is 4.07. The van der Waals surface area contributed by atoms with Crippen LogP contribution in [0, 0.1) is 5.92 Å². The highest BCUT2D eigenvalue weighted by Crippen LogP contribution is 2.25. The average Bonchev–Trinajstić information content (AvgIpc) is 2.89. The first kappa shape index (κ1) is 15.8. The first-order valence-corrected chi connectivity index (χ1v) is 7.79. The fourth-order valence-corrected chi connectivity index (χ4v) is 2.46. The zero-order chi connectivity index (χ0) is 15.4. The third-order valence-corrected chi connectivity index (χ3v) is 3.75. The van der Waals surface area contributed by atoms with Crippen molar-refractivity contribution in [1.82, 2.24) is 9.78 Å². The average molecular weight is 351 g/mol. The van der Waals surface area contributed by atoms with E-state index in [9.17, 15) is 4.79 Å². The number of benzene rings is 1. The van der Waals surface area contributed by atoms with Crippen LogP contribution >= 0.6 is 15.9 Å². The summed E-state index contributed by atoms with van der Waals surface area (Å²) in [5, 5.41) is 4.34. The number of rotatable bonds is 5. The number of esters is 1. The van der Waals surface area contributed by atoms with Gasteiger partial charge in [-0.15, -0.1) is 0 Å². The lowest BCUT2D eigenvalue weighted by Crippen LogP contribution is -2.26. The Labute approximate surface area is 133 Å². The van der Waals surface area contributed by atoms with Crippen LogP contribution in [-0.2, 0) is 9.53 Å². The molecule has 1 aromatic heterocycles. The lowest BCUT2D eigenvalue weighted by Gasteiger charge is -2.19. The Bertz CT molecular complexity index is 605. The molecule has 1 heterocycles. The van der Waals surface area contributed by atoms with Crippen LogP contribution in [0.2, 0.25) is 0 Å². The van der Waals surface area contributed by atoms with Gasteiger partial charge in [0.15, 0.2) is 6.04 Å². The lowest BCUT2D eigenvalue weighted by molar-refractivity contribution is -0.149. The van der Waals surface area contributed by atoms with E-state index in [4.69, 9.17) is 4.74 Å². The summed E-state index contributed by atoms with van der Waals surface area (Å²) in [6.45, 7) is 6.17. The Morgan fingerprint density at radius 2 is 1.95 bits per heavy atom. The standard InChI is InChI=1S/C16H19BrN2O2/c1-4-21-16(20)15(11(2)3)19-10-13(9-18-19)12-5-7-14(17)8-6-12/h5-11,15H,4H2,1-3H3. The first-order chi connectivity index (χ1) is 10.0. The number of nitrogens with zero attached hydrogens (tertiary/aromatic N) is 2. The van der Waals surface area contributed by atoms with Gasteiger partial charge in [-0.2, -0.15) is 5.10 Å². The number of carbonyl (C=O) groups is 1. The molecule has 0 aliphatic heterocycles. The molecule has 112 valence electrons. The van der Waals surface area contributed by atoms with Gasteiger partial charge in [0.1, 0.15) is 0 Å². The molecule has 0 spiro atoms. The maximum atomic E-state index is 12.1. The van der Waals surface area contributed by atoms with Crippen LogP contribution in [0.15, 0.2) is 41.1 Å². The molecule has 0 saturated carbocycles. The molecule has 0 N–H and O–H groups in total. The monoisotopic (exact) mass is 350 g/mol. The van der Waals surface area contributed by atoms with E-state index in [1.807, 2.05) is 51.2 Å². The maximum Gasteiger partial charge on any atom is 0.331 e. The fourth-order valence-electron chi connectivity index (χ4n) is 2.19. The highest BCUT2D eigenvalue weighted by atomic mass is 79.9. The summed E-state index contributed by atoms with van der Waals surface area (Å²) in [5.74, 6) is -0.125. The molecule has 0 radical (unpaired) electrons. The third kappa shape index (κ3) is 3.73. The summed E-state index contributed by atoms with van der Waals surface area (Å²) in [5.41, 5.74) is 2.05. The fraction of sp³-hybridized carbons (Fsp3) is 0.375. The highest BCUT2D eigenvalue weighted by Gasteiger charge is 2.26. The number of carbonyl (C=O) groups excluding carboxylic acids is 1. The van der Waals surface area contributed by atoms with Crippen molar-refractivity contribution in [3.63, 3.8) is 0 Å². The normalized spacial score (nSPS) is 12.4. The molecule has 5 heteroatoms. The topological polar surface area (TPSA) is 44.1 Å². The third-order valence-electron chi connectivity index (χ3n) is 3.22. The van der Waals surface area contributed by atoms with Gasteiger partial charge in [0, 0.05) is 16.2 Å². The highest BCUT2D eigenvalue weighted by molar-refractivity contribution is 9.10. The summed E-state index contributed by atoms with van der Waals surface area (Å²) >= 11 is 3.42. The number of hydrogen-bond donors (Lipinski definition) is 0. The van der Waals surface area contributed by atoms with Gasteiger partial charge >= 0.3 is 5.97 Å². The zero-order valence-corrected chi connectivity index (χ0v) is 14.0. The van der Waals surface area contributed by atoms with Crippen molar-refractivity contribution in [3.05, 3.63) is 41.1 Å². The van der Waals surface area contributed by atoms with Gasteiger partial charge in [-0.05, 0) is 30.5 Å². The summed E-state index contributed by atoms with van der Waals surface area (Å²) in [6, 6.07) is 7.60. The molecule has 0 fully saturated rings. The molecule has 2 aromatic rings. The van der Waals surface area contributed by atoms with Gasteiger partial charge < -0.3 is 4.74 Å².